The SMILES string of the molecule is C=CCC(C)n1cncc1CNC(C)(C)C. The van der Waals surface area contributed by atoms with E-state index in [0.29, 0.717) is 6.04 Å². The monoisotopic (exact) mass is 221 g/mol. The van der Waals surface area contributed by atoms with Crippen molar-refractivity contribution in [3.8, 4) is 0 Å². The highest BCUT2D eigenvalue weighted by atomic mass is 15.1. The predicted octanol–water partition coefficient (Wildman–Crippen LogP) is 2.91. The summed E-state index contributed by atoms with van der Waals surface area (Å²) in [5, 5.41) is 3.47. The minimum absolute atomic E-state index is 0.136. The summed E-state index contributed by atoms with van der Waals surface area (Å²) in [6, 6.07) is 0.428. The molecule has 16 heavy (non-hydrogen) atoms. The second-order valence-electron chi connectivity index (χ2n) is 5.27. The van der Waals surface area contributed by atoms with Crippen LogP contribution in [0.1, 0.15) is 45.9 Å². The second-order valence-corrected chi connectivity index (χ2v) is 5.27. The van der Waals surface area contributed by atoms with Crippen LogP contribution in [0.2, 0.25) is 0 Å². The van der Waals surface area contributed by atoms with Crippen molar-refractivity contribution in [2.75, 3.05) is 0 Å². The molecule has 0 spiro atoms. The molecule has 0 fully saturated rings. The van der Waals surface area contributed by atoms with Crippen LogP contribution in [-0.2, 0) is 6.54 Å². The summed E-state index contributed by atoms with van der Waals surface area (Å²) in [5.41, 5.74) is 1.36. The Kier molecular flexibility index (Phi) is 4.30. The van der Waals surface area contributed by atoms with Crippen LogP contribution in [-0.4, -0.2) is 15.1 Å². The number of rotatable bonds is 5. The highest BCUT2D eigenvalue weighted by Crippen LogP contribution is 2.14. The van der Waals surface area contributed by atoms with Crippen molar-refractivity contribution in [1.82, 2.24) is 14.9 Å². The fourth-order valence-electron chi connectivity index (χ4n) is 1.58. The minimum Gasteiger partial charge on any atom is -0.330 e. The molecule has 0 aliphatic carbocycles. The third kappa shape index (κ3) is 3.81. The van der Waals surface area contributed by atoms with Crippen molar-refractivity contribution < 1.29 is 0 Å². The third-order valence-corrected chi connectivity index (χ3v) is 2.53. The number of imidazole rings is 1. The minimum atomic E-state index is 0.136. The Morgan fingerprint density at radius 1 is 1.56 bits per heavy atom. The van der Waals surface area contributed by atoms with E-state index < -0.39 is 0 Å². The van der Waals surface area contributed by atoms with Gasteiger partial charge in [0.1, 0.15) is 0 Å². The Balaban J connectivity index is 2.67. The molecule has 1 unspecified atom stereocenters. The zero-order chi connectivity index (χ0) is 12.2. The van der Waals surface area contributed by atoms with Crippen LogP contribution in [0, 0.1) is 0 Å². The fourth-order valence-corrected chi connectivity index (χ4v) is 1.58. The van der Waals surface area contributed by atoms with E-state index in [1.54, 1.807) is 0 Å². The first-order valence-corrected chi connectivity index (χ1v) is 5.80. The number of hydrogen-bond acceptors (Lipinski definition) is 2. The largest absolute Gasteiger partial charge is 0.330 e. The van der Waals surface area contributed by atoms with Gasteiger partial charge in [-0.15, -0.1) is 6.58 Å². The molecule has 0 radical (unpaired) electrons. The van der Waals surface area contributed by atoms with Crippen molar-refractivity contribution in [1.29, 1.82) is 0 Å². The molecule has 0 aliphatic rings. The summed E-state index contributed by atoms with van der Waals surface area (Å²) >= 11 is 0. The molecule has 1 N–H and O–H groups in total. The number of nitrogens with one attached hydrogen (secondary N) is 1. The Labute approximate surface area is 98.6 Å². The van der Waals surface area contributed by atoms with Gasteiger partial charge in [0.25, 0.3) is 0 Å². The molecule has 0 amide bonds. The maximum atomic E-state index is 4.21. The van der Waals surface area contributed by atoms with Gasteiger partial charge in [-0.2, -0.15) is 0 Å². The number of allylic oxidation sites excluding steroid dienone is 1. The Morgan fingerprint density at radius 2 is 2.25 bits per heavy atom. The molecule has 1 aromatic heterocycles. The second kappa shape index (κ2) is 5.30. The lowest BCUT2D eigenvalue weighted by molar-refractivity contribution is 0.409. The van der Waals surface area contributed by atoms with E-state index in [1.165, 1.54) is 5.69 Å². The molecule has 90 valence electrons. The van der Waals surface area contributed by atoms with E-state index in [1.807, 2.05) is 18.6 Å². The summed E-state index contributed by atoms with van der Waals surface area (Å²) in [4.78, 5) is 4.21. The van der Waals surface area contributed by atoms with Gasteiger partial charge in [-0.05, 0) is 34.1 Å². The van der Waals surface area contributed by atoms with Crippen LogP contribution >= 0.6 is 0 Å². The van der Waals surface area contributed by atoms with Crippen molar-refractivity contribution in [2.45, 2.75) is 52.2 Å². The zero-order valence-electron chi connectivity index (χ0n) is 10.8. The fraction of sp³-hybridized carbons (Fsp3) is 0.615. The Bertz CT molecular complexity index is 333. The average Bonchev–Trinajstić information content (AvgIpc) is 2.61. The van der Waals surface area contributed by atoms with Crippen molar-refractivity contribution >= 4 is 0 Å². The summed E-state index contributed by atoms with van der Waals surface area (Å²) in [7, 11) is 0. The van der Waals surface area contributed by atoms with Crippen molar-refractivity contribution in [2.24, 2.45) is 0 Å². The molecule has 3 heteroatoms. The van der Waals surface area contributed by atoms with Gasteiger partial charge in [-0.1, -0.05) is 6.08 Å². The van der Waals surface area contributed by atoms with Gasteiger partial charge in [0.2, 0.25) is 0 Å². The lowest BCUT2D eigenvalue weighted by Crippen LogP contribution is -2.35. The quantitative estimate of drug-likeness (QED) is 0.775. The standard InChI is InChI=1S/C13H23N3/c1-6-7-11(2)16-10-14-8-12(16)9-15-13(3,4)5/h6,8,10-11,15H,1,7,9H2,2-5H3. The highest BCUT2D eigenvalue weighted by molar-refractivity contribution is 5.01. The topological polar surface area (TPSA) is 29.9 Å². The lowest BCUT2D eigenvalue weighted by atomic mass is 10.1. The van der Waals surface area contributed by atoms with Gasteiger partial charge in [-0.3, -0.25) is 0 Å². The summed E-state index contributed by atoms with van der Waals surface area (Å²) < 4.78 is 2.21. The van der Waals surface area contributed by atoms with Gasteiger partial charge in [-0.25, -0.2) is 4.98 Å². The molecule has 0 aliphatic heterocycles. The smallest absolute Gasteiger partial charge is 0.0951 e. The lowest BCUT2D eigenvalue weighted by Gasteiger charge is -2.22. The molecule has 0 saturated carbocycles. The van der Waals surface area contributed by atoms with Crippen LogP contribution in [0.3, 0.4) is 0 Å². The average molecular weight is 221 g/mol. The molecule has 1 atom stereocenters. The first-order chi connectivity index (χ1) is 7.44. The molecule has 0 bridgehead atoms. The maximum Gasteiger partial charge on any atom is 0.0951 e. The van der Waals surface area contributed by atoms with Crippen LogP contribution < -0.4 is 5.32 Å². The first kappa shape index (κ1) is 13.0. The van der Waals surface area contributed by atoms with Crippen molar-refractivity contribution in [3.05, 3.63) is 30.9 Å². The van der Waals surface area contributed by atoms with Gasteiger partial charge >= 0.3 is 0 Å². The first-order valence-electron chi connectivity index (χ1n) is 5.80. The van der Waals surface area contributed by atoms with E-state index >= 15 is 0 Å². The summed E-state index contributed by atoms with van der Waals surface area (Å²) in [6.45, 7) is 13.3. The molecule has 0 saturated heterocycles. The van der Waals surface area contributed by atoms with E-state index in [9.17, 15) is 0 Å². The highest BCUT2D eigenvalue weighted by Gasteiger charge is 2.12. The van der Waals surface area contributed by atoms with Gasteiger partial charge in [0.05, 0.1) is 12.0 Å². The van der Waals surface area contributed by atoms with Crippen molar-refractivity contribution in [3.63, 3.8) is 0 Å². The summed E-state index contributed by atoms with van der Waals surface area (Å²) in [5.74, 6) is 0. The zero-order valence-corrected chi connectivity index (χ0v) is 10.8. The van der Waals surface area contributed by atoms with E-state index in [2.05, 4.69) is 49.1 Å². The summed E-state index contributed by atoms with van der Waals surface area (Å²) in [6.07, 6.45) is 6.75. The van der Waals surface area contributed by atoms with Gasteiger partial charge in [0.15, 0.2) is 0 Å². The molecule has 1 heterocycles. The molecule has 1 rings (SSSR count). The van der Waals surface area contributed by atoms with Crippen LogP contribution in [0.5, 0.6) is 0 Å². The molecule has 0 aromatic carbocycles. The third-order valence-electron chi connectivity index (χ3n) is 2.53. The maximum absolute atomic E-state index is 4.21. The number of aromatic nitrogens is 2. The van der Waals surface area contributed by atoms with Crippen LogP contribution in [0.15, 0.2) is 25.2 Å². The van der Waals surface area contributed by atoms with Crippen LogP contribution in [0.25, 0.3) is 0 Å². The molecule has 1 aromatic rings. The molecular formula is C13H23N3. The van der Waals surface area contributed by atoms with Crippen LogP contribution in [0.4, 0.5) is 0 Å². The normalized spacial score (nSPS) is 13.8. The van der Waals surface area contributed by atoms with E-state index in [-0.39, 0.29) is 5.54 Å². The predicted molar refractivity (Wildman–Crippen MR) is 68.3 cm³/mol. The Morgan fingerprint density at radius 3 is 2.81 bits per heavy atom. The Hall–Kier alpha value is -1.09. The number of hydrogen-bond donors (Lipinski definition) is 1. The van der Waals surface area contributed by atoms with E-state index in [0.717, 1.165) is 13.0 Å². The number of nitrogens with zero attached hydrogens (tertiary/aromatic N) is 2. The van der Waals surface area contributed by atoms with Gasteiger partial charge < -0.3 is 9.88 Å². The van der Waals surface area contributed by atoms with E-state index in [4.69, 9.17) is 0 Å². The molecule has 3 nitrogen and oxygen atoms in total. The molecular weight excluding hydrogens is 198 g/mol. The van der Waals surface area contributed by atoms with Gasteiger partial charge in [0, 0.05) is 24.3 Å².